The number of nitrogens with zero attached hydrogens (tertiary/aromatic N) is 1. The maximum atomic E-state index is 11.8. The van der Waals surface area contributed by atoms with E-state index >= 15 is 0 Å². The summed E-state index contributed by atoms with van der Waals surface area (Å²) in [7, 11) is 2.00. The fraction of sp³-hybridized carbons (Fsp3) is 0.214. The summed E-state index contributed by atoms with van der Waals surface area (Å²) >= 11 is 7.09. The van der Waals surface area contributed by atoms with E-state index in [1.54, 1.807) is 12.1 Å². The number of halogens is 1. The topological polar surface area (TPSA) is 32.3 Å². The van der Waals surface area contributed by atoms with Gasteiger partial charge in [0.1, 0.15) is 0 Å². The molecule has 0 spiro atoms. The number of nitrogens with one attached hydrogen (secondary N) is 1. The zero-order valence-corrected chi connectivity index (χ0v) is 12.2. The minimum absolute atomic E-state index is 0.0710. The first kappa shape index (κ1) is 13.9. The molecule has 1 aromatic carbocycles. The molecule has 0 aliphatic heterocycles. The van der Waals surface area contributed by atoms with E-state index in [0.29, 0.717) is 15.8 Å². The molecule has 0 unspecified atom stereocenters. The summed E-state index contributed by atoms with van der Waals surface area (Å²) in [5, 5.41) is 2.88. The Morgan fingerprint density at radius 1 is 1.26 bits per heavy atom. The Morgan fingerprint density at radius 3 is 2.63 bits per heavy atom. The first-order chi connectivity index (χ1) is 9.16. The maximum Gasteiger partial charge on any atom is 0.261 e. The van der Waals surface area contributed by atoms with E-state index in [9.17, 15) is 4.79 Å². The third kappa shape index (κ3) is 3.98. The fourth-order valence-corrected chi connectivity index (χ4v) is 2.63. The number of hydrogen-bond donors (Lipinski definition) is 1. The standard InChI is InChI=1S/C14H15ClN2OS/c1-17(11-5-3-2-4-6-11)10-9-16-14(18)12-7-8-13(15)19-12/h2-8H,9-10H2,1H3,(H,16,18). The summed E-state index contributed by atoms with van der Waals surface area (Å²) < 4.78 is 0.631. The molecule has 0 radical (unpaired) electrons. The lowest BCUT2D eigenvalue weighted by Gasteiger charge is -2.19. The van der Waals surface area contributed by atoms with Crippen molar-refractivity contribution in [2.45, 2.75) is 0 Å². The van der Waals surface area contributed by atoms with Gasteiger partial charge in [0.15, 0.2) is 0 Å². The number of hydrogen-bond acceptors (Lipinski definition) is 3. The van der Waals surface area contributed by atoms with Gasteiger partial charge >= 0.3 is 0 Å². The fourth-order valence-electron chi connectivity index (χ4n) is 1.67. The second-order valence-electron chi connectivity index (χ2n) is 4.12. The van der Waals surface area contributed by atoms with Gasteiger partial charge < -0.3 is 10.2 Å². The van der Waals surface area contributed by atoms with Gasteiger partial charge in [0, 0.05) is 25.8 Å². The van der Waals surface area contributed by atoms with Crippen molar-refractivity contribution >= 4 is 34.5 Å². The highest BCUT2D eigenvalue weighted by Gasteiger charge is 2.08. The number of para-hydroxylation sites is 1. The van der Waals surface area contributed by atoms with Gasteiger partial charge in [-0.15, -0.1) is 11.3 Å². The smallest absolute Gasteiger partial charge is 0.261 e. The predicted molar refractivity (Wildman–Crippen MR) is 81.4 cm³/mol. The molecule has 1 aromatic heterocycles. The number of carbonyl (C=O) groups is 1. The number of amides is 1. The van der Waals surface area contributed by atoms with Crippen molar-refractivity contribution in [1.82, 2.24) is 5.32 Å². The van der Waals surface area contributed by atoms with E-state index in [4.69, 9.17) is 11.6 Å². The van der Waals surface area contributed by atoms with Crippen LogP contribution >= 0.6 is 22.9 Å². The SMILES string of the molecule is CN(CCNC(=O)c1ccc(Cl)s1)c1ccccc1. The Labute approximate surface area is 121 Å². The second kappa shape index (κ2) is 6.59. The number of carbonyl (C=O) groups excluding carboxylic acids is 1. The first-order valence-corrected chi connectivity index (χ1v) is 7.16. The van der Waals surface area contributed by atoms with Crippen molar-refractivity contribution in [2.24, 2.45) is 0 Å². The summed E-state index contributed by atoms with van der Waals surface area (Å²) in [6.07, 6.45) is 0. The van der Waals surface area contributed by atoms with Gasteiger partial charge in [-0.3, -0.25) is 4.79 Å². The predicted octanol–water partition coefficient (Wildman–Crippen LogP) is 3.27. The van der Waals surface area contributed by atoms with E-state index in [0.717, 1.165) is 12.2 Å². The first-order valence-electron chi connectivity index (χ1n) is 5.96. The minimum atomic E-state index is -0.0710. The molecular formula is C14H15ClN2OS. The van der Waals surface area contributed by atoms with Crippen LogP contribution in [-0.4, -0.2) is 26.0 Å². The second-order valence-corrected chi connectivity index (χ2v) is 5.83. The van der Waals surface area contributed by atoms with Crippen LogP contribution in [0.4, 0.5) is 5.69 Å². The normalized spacial score (nSPS) is 10.2. The summed E-state index contributed by atoms with van der Waals surface area (Å²) in [4.78, 5) is 14.5. The lowest BCUT2D eigenvalue weighted by Crippen LogP contribution is -2.32. The molecule has 1 amide bonds. The molecule has 2 rings (SSSR count). The molecule has 1 heterocycles. The Balaban J connectivity index is 1.79. The molecule has 0 aliphatic rings. The monoisotopic (exact) mass is 294 g/mol. The zero-order chi connectivity index (χ0) is 13.7. The molecule has 1 N–H and O–H groups in total. The lowest BCUT2D eigenvalue weighted by atomic mass is 10.3. The van der Waals surface area contributed by atoms with Gasteiger partial charge in [0.25, 0.3) is 5.91 Å². The summed E-state index contributed by atoms with van der Waals surface area (Å²) in [5.74, 6) is -0.0710. The third-order valence-corrected chi connectivity index (χ3v) is 3.96. The molecular weight excluding hydrogens is 280 g/mol. The molecule has 0 bridgehead atoms. The largest absolute Gasteiger partial charge is 0.373 e. The molecule has 3 nitrogen and oxygen atoms in total. The number of anilines is 1. The van der Waals surface area contributed by atoms with Gasteiger partial charge in [-0.05, 0) is 24.3 Å². The summed E-state index contributed by atoms with van der Waals surface area (Å²) in [5.41, 5.74) is 1.14. The van der Waals surface area contributed by atoms with Crippen molar-refractivity contribution in [3.8, 4) is 0 Å². The Hall–Kier alpha value is -1.52. The van der Waals surface area contributed by atoms with Gasteiger partial charge in [-0.1, -0.05) is 29.8 Å². The van der Waals surface area contributed by atoms with Gasteiger partial charge in [-0.25, -0.2) is 0 Å². The van der Waals surface area contributed by atoms with Crippen LogP contribution in [0.3, 0.4) is 0 Å². The summed E-state index contributed by atoms with van der Waals surface area (Å²) in [6, 6.07) is 13.5. The van der Waals surface area contributed by atoms with E-state index in [2.05, 4.69) is 10.2 Å². The van der Waals surface area contributed by atoms with Crippen LogP contribution in [0, 0.1) is 0 Å². The third-order valence-electron chi connectivity index (χ3n) is 2.73. The van der Waals surface area contributed by atoms with Gasteiger partial charge in [0.05, 0.1) is 9.21 Å². The molecule has 19 heavy (non-hydrogen) atoms. The van der Waals surface area contributed by atoms with Crippen LogP contribution in [0.25, 0.3) is 0 Å². The lowest BCUT2D eigenvalue weighted by molar-refractivity contribution is 0.0959. The van der Waals surface area contributed by atoms with Gasteiger partial charge in [-0.2, -0.15) is 0 Å². The molecule has 0 saturated carbocycles. The average Bonchev–Trinajstić information content (AvgIpc) is 2.86. The van der Waals surface area contributed by atoms with Crippen LogP contribution < -0.4 is 10.2 Å². The number of benzene rings is 1. The summed E-state index contributed by atoms with van der Waals surface area (Å²) in [6.45, 7) is 1.36. The quantitative estimate of drug-likeness (QED) is 0.918. The molecule has 0 saturated heterocycles. The minimum Gasteiger partial charge on any atom is -0.373 e. The van der Waals surface area contributed by atoms with E-state index in [-0.39, 0.29) is 5.91 Å². The molecule has 100 valence electrons. The Morgan fingerprint density at radius 2 is 2.00 bits per heavy atom. The van der Waals surface area contributed by atoms with Gasteiger partial charge in [0.2, 0.25) is 0 Å². The van der Waals surface area contributed by atoms with Crippen LogP contribution in [0.15, 0.2) is 42.5 Å². The Kier molecular flexibility index (Phi) is 4.82. The van der Waals surface area contributed by atoms with Crippen molar-refractivity contribution in [3.05, 3.63) is 51.7 Å². The molecule has 0 atom stereocenters. The Bertz CT molecular complexity index is 541. The van der Waals surface area contributed by atoms with Crippen molar-refractivity contribution < 1.29 is 4.79 Å². The van der Waals surface area contributed by atoms with E-state index < -0.39 is 0 Å². The van der Waals surface area contributed by atoms with Crippen LogP contribution in [0.1, 0.15) is 9.67 Å². The molecule has 0 fully saturated rings. The average molecular weight is 295 g/mol. The maximum absolute atomic E-state index is 11.8. The highest BCUT2D eigenvalue weighted by molar-refractivity contribution is 7.17. The zero-order valence-electron chi connectivity index (χ0n) is 10.6. The van der Waals surface area contributed by atoms with Crippen LogP contribution in [0.2, 0.25) is 4.34 Å². The van der Waals surface area contributed by atoms with Crippen molar-refractivity contribution in [2.75, 3.05) is 25.0 Å². The van der Waals surface area contributed by atoms with Crippen LogP contribution in [0.5, 0.6) is 0 Å². The number of rotatable bonds is 5. The van der Waals surface area contributed by atoms with Crippen molar-refractivity contribution in [3.63, 3.8) is 0 Å². The highest BCUT2D eigenvalue weighted by Crippen LogP contribution is 2.21. The van der Waals surface area contributed by atoms with E-state index in [1.807, 2.05) is 37.4 Å². The van der Waals surface area contributed by atoms with E-state index in [1.165, 1.54) is 11.3 Å². The molecule has 2 aromatic rings. The van der Waals surface area contributed by atoms with Crippen LogP contribution in [-0.2, 0) is 0 Å². The number of thiophene rings is 1. The number of likely N-dealkylation sites (N-methyl/N-ethyl adjacent to an activating group) is 1. The molecule has 5 heteroatoms. The highest BCUT2D eigenvalue weighted by atomic mass is 35.5. The van der Waals surface area contributed by atoms with Crippen molar-refractivity contribution in [1.29, 1.82) is 0 Å². The molecule has 0 aliphatic carbocycles.